The Morgan fingerprint density at radius 3 is 1.83 bits per heavy atom. The van der Waals surface area contributed by atoms with Crippen LogP contribution >= 0.6 is 0 Å². The normalized spacial score (nSPS) is 15.1. The van der Waals surface area contributed by atoms with Crippen LogP contribution in [0.2, 0.25) is 0 Å². The summed E-state index contributed by atoms with van der Waals surface area (Å²) in [6, 6.07) is -2.92. The molecule has 0 aliphatic heterocycles. The molecule has 1 unspecified atom stereocenters. The highest BCUT2D eigenvalue weighted by molar-refractivity contribution is 5.87. The monoisotopic (exact) mass is 373 g/mol. The van der Waals surface area contributed by atoms with Gasteiger partial charge >= 0.3 is 23.9 Å². The van der Waals surface area contributed by atoms with Gasteiger partial charge in [0.05, 0.1) is 6.04 Å². The van der Waals surface area contributed by atoms with Gasteiger partial charge in [-0.15, -0.1) is 0 Å². The number of nitrogens with zero attached hydrogens (tertiary/aromatic N) is 1. The largest absolute Gasteiger partial charge is 0.460 e. The molecule has 0 spiro atoms. The second-order valence-corrected chi connectivity index (χ2v) is 5.03. The third-order valence-electron chi connectivity index (χ3n) is 3.37. The van der Waals surface area contributed by atoms with Gasteiger partial charge in [-0.3, -0.25) is 4.79 Å². The van der Waals surface area contributed by atoms with Gasteiger partial charge in [-0.05, 0) is 19.4 Å². The molecule has 0 bridgehead atoms. The Morgan fingerprint density at radius 1 is 1.04 bits per heavy atom. The molecule has 0 aromatic carbocycles. The first kappa shape index (κ1) is 22.6. The van der Waals surface area contributed by atoms with Crippen LogP contribution in [-0.4, -0.2) is 47.3 Å². The summed E-state index contributed by atoms with van der Waals surface area (Å²) in [7, 11) is 0. The molecule has 0 heterocycles. The van der Waals surface area contributed by atoms with Crippen LogP contribution in [0.25, 0.3) is 0 Å². The first-order chi connectivity index (χ1) is 10.6. The van der Waals surface area contributed by atoms with E-state index >= 15 is 0 Å². The summed E-state index contributed by atoms with van der Waals surface area (Å²) in [6.45, 7) is 4.25. The molecule has 0 radical (unpaired) electrons. The van der Waals surface area contributed by atoms with Crippen molar-refractivity contribution >= 4 is 5.91 Å². The predicted octanol–water partition coefficient (Wildman–Crippen LogP) is 4.66. The number of carbonyl (C=O) groups is 1. The lowest BCUT2D eigenvalue weighted by atomic mass is 9.96. The zero-order chi connectivity index (χ0) is 19.6. The lowest BCUT2D eigenvalue weighted by molar-refractivity contribution is -0.401. The van der Waals surface area contributed by atoms with Crippen LogP contribution in [-0.2, 0) is 4.79 Å². The summed E-state index contributed by atoms with van der Waals surface area (Å²) in [6.07, 6.45) is -6.05. The minimum Gasteiger partial charge on any atom is -0.330 e. The fourth-order valence-electron chi connectivity index (χ4n) is 1.79. The standard InChI is InChI=1S/C13H16F9NO/c1-4-6-7-23(9(24)5-2)8(3)10(14,15)11(16,17)12(18,19)13(20,21)22/h5,8H,2,4,6-7H2,1,3H3. The molecule has 1 amide bonds. The van der Waals surface area contributed by atoms with Crippen molar-refractivity contribution in [2.75, 3.05) is 6.54 Å². The highest BCUT2D eigenvalue weighted by atomic mass is 19.4. The van der Waals surface area contributed by atoms with Gasteiger partial charge in [0.15, 0.2) is 0 Å². The summed E-state index contributed by atoms with van der Waals surface area (Å²) in [5.74, 6) is -20.9. The number of alkyl halides is 9. The molecule has 0 saturated heterocycles. The van der Waals surface area contributed by atoms with E-state index in [1.165, 1.54) is 0 Å². The third-order valence-corrected chi connectivity index (χ3v) is 3.37. The van der Waals surface area contributed by atoms with Crippen LogP contribution in [0.1, 0.15) is 26.7 Å². The Labute approximate surface area is 132 Å². The van der Waals surface area contributed by atoms with Gasteiger partial charge in [0.2, 0.25) is 5.91 Å². The van der Waals surface area contributed by atoms with E-state index in [-0.39, 0.29) is 18.2 Å². The molecule has 0 aromatic rings. The molecule has 0 N–H and O–H groups in total. The smallest absolute Gasteiger partial charge is 0.330 e. The first-order valence-corrected chi connectivity index (χ1v) is 6.72. The minimum absolute atomic E-state index is 0.0429. The Morgan fingerprint density at radius 2 is 1.50 bits per heavy atom. The molecule has 1 atom stereocenters. The highest BCUT2D eigenvalue weighted by Crippen LogP contribution is 2.54. The summed E-state index contributed by atoms with van der Waals surface area (Å²) in [5.41, 5.74) is 0. The van der Waals surface area contributed by atoms with E-state index in [1.54, 1.807) is 6.92 Å². The van der Waals surface area contributed by atoms with Gasteiger partial charge in [-0.2, -0.15) is 39.5 Å². The van der Waals surface area contributed by atoms with Crippen LogP contribution in [0.4, 0.5) is 39.5 Å². The van der Waals surface area contributed by atoms with Gasteiger partial charge in [-0.1, -0.05) is 19.9 Å². The predicted molar refractivity (Wildman–Crippen MR) is 67.2 cm³/mol. The van der Waals surface area contributed by atoms with Crippen LogP contribution in [0.15, 0.2) is 12.7 Å². The maximum absolute atomic E-state index is 13.8. The van der Waals surface area contributed by atoms with Crippen LogP contribution in [0.3, 0.4) is 0 Å². The van der Waals surface area contributed by atoms with Crippen molar-refractivity contribution in [1.82, 2.24) is 4.90 Å². The van der Waals surface area contributed by atoms with E-state index in [9.17, 15) is 44.3 Å². The zero-order valence-corrected chi connectivity index (χ0v) is 12.7. The maximum atomic E-state index is 13.8. The van der Waals surface area contributed by atoms with Crippen molar-refractivity contribution in [2.24, 2.45) is 0 Å². The molecule has 0 aliphatic rings. The minimum atomic E-state index is -6.98. The van der Waals surface area contributed by atoms with Crippen LogP contribution in [0.5, 0.6) is 0 Å². The van der Waals surface area contributed by atoms with Crippen molar-refractivity contribution in [2.45, 2.75) is 56.7 Å². The van der Waals surface area contributed by atoms with Crippen LogP contribution in [0, 0.1) is 0 Å². The molecule has 0 saturated carbocycles. The van der Waals surface area contributed by atoms with Crippen LogP contribution < -0.4 is 0 Å². The van der Waals surface area contributed by atoms with E-state index in [0.717, 1.165) is 0 Å². The molecule has 24 heavy (non-hydrogen) atoms. The summed E-state index contributed by atoms with van der Waals surface area (Å²) >= 11 is 0. The van der Waals surface area contributed by atoms with Crippen molar-refractivity contribution in [1.29, 1.82) is 0 Å². The fraction of sp³-hybridized carbons (Fsp3) is 0.769. The lowest BCUT2D eigenvalue weighted by Gasteiger charge is -2.40. The average molecular weight is 373 g/mol. The van der Waals surface area contributed by atoms with Crippen molar-refractivity contribution < 1.29 is 44.3 Å². The number of rotatable bonds is 8. The Bertz CT molecular complexity index is 459. The van der Waals surface area contributed by atoms with Crippen molar-refractivity contribution in [3.8, 4) is 0 Å². The molecular weight excluding hydrogens is 357 g/mol. The highest BCUT2D eigenvalue weighted by Gasteiger charge is 2.83. The fourth-order valence-corrected chi connectivity index (χ4v) is 1.79. The molecule has 11 heteroatoms. The van der Waals surface area contributed by atoms with Crippen molar-refractivity contribution in [3.63, 3.8) is 0 Å². The zero-order valence-electron chi connectivity index (χ0n) is 12.7. The number of hydrogen-bond acceptors (Lipinski definition) is 1. The molecule has 2 nitrogen and oxygen atoms in total. The van der Waals surface area contributed by atoms with E-state index < -0.39 is 42.4 Å². The topological polar surface area (TPSA) is 20.3 Å². The Kier molecular flexibility index (Phi) is 6.79. The Hall–Kier alpha value is -1.42. The first-order valence-electron chi connectivity index (χ1n) is 6.72. The number of hydrogen-bond donors (Lipinski definition) is 0. The molecule has 0 aliphatic carbocycles. The summed E-state index contributed by atoms with van der Waals surface area (Å²) in [4.78, 5) is 11.6. The Balaban J connectivity index is 5.89. The number of unbranched alkanes of at least 4 members (excludes halogenated alkanes) is 1. The van der Waals surface area contributed by atoms with E-state index in [2.05, 4.69) is 6.58 Å². The van der Waals surface area contributed by atoms with E-state index in [0.29, 0.717) is 12.5 Å². The molecule has 0 rings (SSSR count). The van der Waals surface area contributed by atoms with Gasteiger partial charge in [0, 0.05) is 6.54 Å². The lowest BCUT2D eigenvalue weighted by Crippen LogP contribution is -2.66. The van der Waals surface area contributed by atoms with E-state index in [1.807, 2.05) is 0 Å². The molecule has 0 aromatic heterocycles. The quantitative estimate of drug-likeness (QED) is 0.448. The number of halogens is 9. The number of carbonyl (C=O) groups excluding carboxylic acids is 1. The number of amides is 1. The molecule has 0 fully saturated rings. The second kappa shape index (κ2) is 7.22. The molecule has 142 valence electrons. The maximum Gasteiger partial charge on any atom is 0.460 e. The molecular formula is C13H16F9NO. The van der Waals surface area contributed by atoms with Gasteiger partial charge in [-0.25, -0.2) is 0 Å². The SMILES string of the molecule is C=CC(=O)N(CCCC)C(C)C(F)(F)C(F)(F)C(F)(F)C(F)(F)F. The average Bonchev–Trinajstić information content (AvgIpc) is 2.45. The second-order valence-electron chi connectivity index (χ2n) is 5.03. The summed E-state index contributed by atoms with van der Waals surface area (Å²) < 4.78 is 116. The van der Waals surface area contributed by atoms with Gasteiger partial charge in [0.1, 0.15) is 0 Å². The van der Waals surface area contributed by atoms with Gasteiger partial charge < -0.3 is 4.90 Å². The van der Waals surface area contributed by atoms with Gasteiger partial charge in [0.25, 0.3) is 0 Å². The van der Waals surface area contributed by atoms with E-state index in [4.69, 9.17) is 0 Å². The summed E-state index contributed by atoms with van der Waals surface area (Å²) in [5, 5.41) is 0. The third kappa shape index (κ3) is 3.80. The van der Waals surface area contributed by atoms with Crippen molar-refractivity contribution in [3.05, 3.63) is 12.7 Å².